The lowest BCUT2D eigenvalue weighted by Gasteiger charge is -2.16. The molecule has 0 aliphatic carbocycles. The van der Waals surface area contributed by atoms with Crippen LogP contribution in [0.3, 0.4) is 0 Å². The first-order valence-corrected chi connectivity index (χ1v) is 8.52. The number of carbonyl (C=O) groups excluding carboxylic acids is 2. The van der Waals surface area contributed by atoms with Crippen molar-refractivity contribution in [2.75, 3.05) is 13.1 Å². The van der Waals surface area contributed by atoms with E-state index in [0.29, 0.717) is 37.6 Å². The molecular formula is C18H21N5O3. The van der Waals surface area contributed by atoms with Gasteiger partial charge in [0, 0.05) is 56.6 Å². The first-order chi connectivity index (χ1) is 12.5. The van der Waals surface area contributed by atoms with E-state index in [1.807, 2.05) is 12.1 Å². The minimum Gasteiger partial charge on any atom is -0.355 e. The van der Waals surface area contributed by atoms with Gasteiger partial charge >= 0.3 is 0 Å². The Morgan fingerprint density at radius 3 is 3.00 bits per heavy atom. The zero-order valence-electron chi connectivity index (χ0n) is 14.6. The number of rotatable bonds is 6. The zero-order valence-corrected chi connectivity index (χ0v) is 14.6. The van der Waals surface area contributed by atoms with Gasteiger partial charge in [-0.1, -0.05) is 6.07 Å². The summed E-state index contributed by atoms with van der Waals surface area (Å²) in [7, 11) is 0. The molecule has 2 amide bonds. The van der Waals surface area contributed by atoms with E-state index >= 15 is 0 Å². The Hall–Kier alpha value is -3.03. The summed E-state index contributed by atoms with van der Waals surface area (Å²) in [6, 6.07) is 5.15. The number of aromatic nitrogens is 3. The van der Waals surface area contributed by atoms with E-state index in [9.17, 15) is 14.4 Å². The number of aromatic amines is 1. The molecule has 0 aromatic carbocycles. The predicted octanol–water partition coefficient (Wildman–Crippen LogP) is 0.181. The molecule has 0 radical (unpaired) electrons. The second-order valence-corrected chi connectivity index (χ2v) is 6.41. The quantitative estimate of drug-likeness (QED) is 0.768. The predicted molar refractivity (Wildman–Crippen MR) is 94.1 cm³/mol. The molecule has 1 aliphatic heterocycles. The fourth-order valence-corrected chi connectivity index (χ4v) is 3.02. The molecule has 2 aromatic rings. The van der Waals surface area contributed by atoms with Crippen molar-refractivity contribution in [3.05, 3.63) is 58.0 Å². The van der Waals surface area contributed by atoms with Gasteiger partial charge in [0.15, 0.2) is 0 Å². The maximum absolute atomic E-state index is 12.3. The molecule has 1 atom stereocenters. The molecule has 8 nitrogen and oxygen atoms in total. The molecule has 0 unspecified atom stereocenters. The highest BCUT2D eigenvalue weighted by molar-refractivity contribution is 5.89. The van der Waals surface area contributed by atoms with Crippen molar-refractivity contribution in [3.63, 3.8) is 0 Å². The summed E-state index contributed by atoms with van der Waals surface area (Å²) in [5.74, 6) is 0.000382. The third kappa shape index (κ3) is 4.53. The van der Waals surface area contributed by atoms with Crippen molar-refractivity contribution in [3.8, 4) is 0 Å². The highest BCUT2D eigenvalue weighted by Gasteiger charge is 2.34. The lowest BCUT2D eigenvalue weighted by molar-refractivity contribution is -0.129. The van der Waals surface area contributed by atoms with Crippen LogP contribution in [0, 0.1) is 12.8 Å². The van der Waals surface area contributed by atoms with Gasteiger partial charge in [-0.05, 0) is 18.6 Å². The summed E-state index contributed by atoms with van der Waals surface area (Å²) in [5.41, 5.74) is 1.38. The van der Waals surface area contributed by atoms with Gasteiger partial charge in [0.25, 0.3) is 5.56 Å². The van der Waals surface area contributed by atoms with E-state index in [1.54, 1.807) is 24.2 Å². The van der Waals surface area contributed by atoms with Crippen LogP contribution >= 0.6 is 0 Å². The van der Waals surface area contributed by atoms with Gasteiger partial charge in [-0.25, -0.2) is 4.98 Å². The minimum atomic E-state index is -0.358. The largest absolute Gasteiger partial charge is 0.355 e. The number of aryl methyl sites for hydroxylation is 1. The third-order valence-corrected chi connectivity index (χ3v) is 4.26. The number of nitrogens with one attached hydrogen (secondary N) is 2. The summed E-state index contributed by atoms with van der Waals surface area (Å²) < 4.78 is 0. The standard InChI is InChI=1S/C18H21N5O3/c1-12-7-16(24)22-15(21-12)4-6-20-18(26)14-8-17(25)23(11-14)10-13-3-2-5-19-9-13/h2-3,5,7,9,14H,4,6,8,10-11H2,1H3,(H,20,26)(H,21,22,24)/t14-/m1/s1. The summed E-state index contributed by atoms with van der Waals surface area (Å²) in [6.07, 6.45) is 4.05. The molecule has 26 heavy (non-hydrogen) atoms. The molecule has 0 spiro atoms. The van der Waals surface area contributed by atoms with Crippen LogP contribution in [0.4, 0.5) is 0 Å². The molecule has 3 heterocycles. The monoisotopic (exact) mass is 355 g/mol. The molecule has 0 bridgehead atoms. The molecular weight excluding hydrogens is 334 g/mol. The lowest BCUT2D eigenvalue weighted by Crippen LogP contribution is -2.34. The Kier molecular flexibility index (Phi) is 5.40. The van der Waals surface area contributed by atoms with Crippen LogP contribution in [-0.4, -0.2) is 44.8 Å². The second kappa shape index (κ2) is 7.90. The number of pyridine rings is 1. The van der Waals surface area contributed by atoms with Gasteiger partial charge in [0.2, 0.25) is 11.8 Å². The SMILES string of the molecule is Cc1cc(=O)[nH]c(CCNC(=O)[C@@H]2CC(=O)N(Cc3cccnc3)C2)n1. The summed E-state index contributed by atoms with van der Waals surface area (Å²) in [5, 5.41) is 2.82. The van der Waals surface area contributed by atoms with E-state index in [0.717, 1.165) is 5.56 Å². The van der Waals surface area contributed by atoms with Gasteiger partial charge in [-0.3, -0.25) is 19.4 Å². The van der Waals surface area contributed by atoms with Gasteiger partial charge in [-0.2, -0.15) is 0 Å². The first-order valence-electron chi connectivity index (χ1n) is 8.52. The van der Waals surface area contributed by atoms with E-state index in [4.69, 9.17) is 0 Å². The summed E-state index contributed by atoms with van der Waals surface area (Å²) in [4.78, 5) is 48.5. The normalized spacial score (nSPS) is 16.7. The number of likely N-dealkylation sites (tertiary alicyclic amines) is 1. The van der Waals surface area contributed by atoms with Gasteiger partial charge in [0.1, 0.15) is 5.82 Å². The Bertz CT molecular complexity index is 849. The van der Waals surface area contributed by atoms with Crippen molar-refractivity contribution in [2.24, 2.45) is 5.92 Å². The first kappa shape index (κ1) is 17.8. The van der Waals surface area contributed by atoms with Crippen LogP contribution < -0.4 is 10.9 Å². The second-order valence-electron chi connectivity index (χ2n) is 6.41. The number of hydrogen-bond donors (Lipinski definition) is 2. The molecule has 136 valence electrons. The Balaban J connectivity index is 1.49. The van der Waals surface area contributed by atoms with Crippen molar-refractivity contribution < 1.29 is 9.59 Å². The van der Waals surface area contributed by atoms with Crippen LogP contribution in [-0.2, 0) is 22.6 Å². The fourth-order valence-electron chi connectivity index (χ4n) is 3.02. The molecule has 1 saturated heterocycles. The Labute approximate surface area is 150 Å². The van der Waals surface area contributed by atoms with Crippen LogP contribution in [0.25, 0.3) is 0 Å². The maximum atomic E-state index is 12.3. The fraction of sp³-hybridized carbons (Fsp3) is 0.389. The average Bonchev–Trinajstić information content (AvgIpc) is 2.96. The number of nitrogens with zero attached hydrogens (tertiary/aromatic N) is 3. The molecule has 2 aromatic heterocycles. The Morgan fingerprint density at radius 1 is 1.42 bits per heavy atom. The number of carbonyl (C=O) groups is 2. The van der Waals surface area contributed by atoms with E-state index < -0.39 is 0 Å². The van der Waals surface area contributed by atoms with Gasteiger partial charge < -0.3 is 15.2 Å². The summed E-state index contributed by atoms with van der Waals surface area (Å²) >= 11 is 0. The summed E-state index contributed by atoms with van der Waals surface area (Å²) in [6.45, 7) is 2.97. The van der Waals surface area contributed by atoms with E-state index in [2.05, 4.69) is 20.3 Å². The average molecular weight is 355 g/mol. The van der Waals surface area contributed by atoms with Crippen molar-refractivity contribution >= 4 is 11.8 Å². The molecule has 2 N–H and O–H groups in total. The van der Waals surface area contributed by atoms with E-state index in [1.165, 1.54) is 6.07 Å². The zero-order chi connectivity index (χ0) is 18.5. The van der Waals surface area contributed by atoms with Crippen LogP contribution in [0.5, 0.6) is 0 Å². The molecule has 1 fully saturated rings. The highest BCUT2D eigenvalue weighted by atomic mass is 16.2. The van der Waals surface area contributed by atoms with Crippen molar-refractivity contribution in [2.45, 2.75) is 26.3 Å². The van der Waals surface area contributed by atoms with Crippen molar-refractivity contribution in [1.29, 1.82) is 0 Å². The maximum Gasteiger partial charge on any atom is 0.251 e. The molecule has 1 aliphatic rings. The number of hydrogen-bond acceptors (Lipinski definition) is 5. The smallest absolute Gasteiger partial charge is 0.251 e. The number of amides is 2. The highest BCUT2D eigenvalue weighted by Crippen LogP contribution is 2.20. The van der Waals surface area contributed by atoms with Gasteiger partial charge in [-0.15, -0.1) is 0 Å². The van der Waals surface area contributed by atoms with Crippen molar-refractivity contribution in [1.82, 2.24) is 25.2 Å². The van der Waals surface area contributed by atoms with Crippen LogP contribution in [0.1, 0.15) is 23.5 Å². The molecule has 3 rings (SSSR count). The minimum absolute atomic E-state index is 0.0290. The van der Waals surface area contributed by atoms with E-state index in [-0.39, 0.29) is 29.7 Å². The molecule has 0 saturated carbocycles. The van der Waals surface area contributed by atoms with Crippen LogP contribution in [0.2, 0.25) is 0 Å². The third-order valence-electron chi connectivity index (χ3n) is 4.26. The lowest BCUT2D eigenvalue weighted by atomic mass is 10.1. The Morgan fingerprint density at radius 2 is 2.27 bits per heavy atom. The van der Waals surface area contributed by atoms with Gasteiger partial charge in [0.05, 0.1) is 5.92 Å². The molecule has 8 heteroatoms. The topological polar surface area (TPSA) is 108 Å². The number of H-pyrrole nitrogens is 1. The van der Waals surface area contributed by atoms with Crippen LogP contribution in [0.15, 0.2) is 35.4 Å².